The molecule has 1 nitrogen and oxygen atoms in total. The lowest BCUT2D eigenvalue weighted by Crippen LogP contribution is -2.00. The lowest BCUT2D eigenvalue weighted by atomic mass is 9.97. The van der Waals surface area contributed by atoms with Crippen LogP contribution in [0.2, 0.25) is 0 Å². The van der Waals surface area contributed by atoms with Gasteiger partial charge in [0.1, 0.15) is 0 Å². The Labute approximate surface area is 63.4 Å². The van der Waals surface area contributed by atoms with Gasteiger partial charge in [0.05, 0.1) is 0 Å². The minimum absolute atomic E-state index is 0.394. The van der Waals surface area contributed by atoms with Crippen molar-refractivity contribution in [3.8, 4) is 0 Å². The Hall–Kier alpha value is -0.0400. The molecule has 60 valence electrons. The molecule has 10 heavy (non-hydrogen) atoms. The van der Waals surface area contributed by atoms with Crippen LogP contribution in [0.1, 0.15) is 44.9 Å². The third kappa shape index (κ3) is 2.70. The van der Waals surface area contributed by atoms with E-state index in [1.165, 1.54) is 38.5 Å². The molecule has 1 fully saturated rings. The molecule has 1 N–H and O–H groups in total. The number of aliphatic hydroxyl groups excluding tert-OH is 1. The van der Waals surface area contributed by atoms with Gasteiger partial charge in [0.15, 0.2) is 0 Å². The summed E-state index contributed by atoms with van der Waals surface area (Å²) < 4.78 is 0. The molecule has 0 saturated heterocycles. The molecule has 1 saturated carbocycles. The van der Waals surface area contributed by atoms with E-state index in [9.17, 15) is 0 Å². The third-order valence-electron chi connectivity index (χ3n) is 2.51. The SMILES string of the molecule is OCCC1CCCCCC1. The highest BCUT2D eigenvalue weighted by molar-refractivity contribution is 4.63. The minimum Gasteiger partial charge on any atom is -0.396 e. The van der Waals surface area contributed by atoms with Crippen molar-refractivity contribution in [2.45, 2.75) is 44.9 Å². The lowest BCUT2D eigenvalue weighted by molar-refractivity contribution is 0.248. The van der Waals surface area contributed by atoms with Gasteiger partial charge in [-0.2, -0.15) is 0 Å². The van der Waals surface area contributed by atoms with E-state index < -0.39 is 0 Å². The molecule has 1 rings (SSSR count). The van der Waals surface area contributed by atoms with Gasteiger partial charge < -0.3 is 5.11 Å². The molecule has 1 aliphatic rings. The van der Waals surface area contributed by atoms with Crippen molar-refractivity contribution in [3.63, 3.8) is 0 Å². The van der Waals surface area contributed by atoms with Crippen molar-refractivity contribution < 1.29 is 5.11 Å². The zero-order valence-corrected chi connectivity index (χ0v) is 6.68. The summed E-state index contributed by atoms with van der Waals surface area (Å²) in [6, 6.07) is 0. The van der Waals surface area contributed by atoms with Gasteiger partial charge in [-0.15, -0.1) is 0 Å². The molecule has 0 aliphatic heterocycles. The van der Waals surface area contributed by atoms with Gasteiger partial charge in [0.25, 0.3) is 0 Å². The maximum absolute atomic E-state index is 8.71. The Morgan fingerprint density at radius 3 is 2.10 bits per heavy atom. The Kier molecular flexibility index (Phi) is 3.81. The average Bonchev–Trinajstić information content (AvgIpc) is 2.17. The minimum atomic E-state index is 0.394. The Balaban J connectivity index is 2.15. The molecule has 0 spiro atoms. The molecular weight excluding hydrogens is 124 g/mol. The van der Waals surface area contributed by atoms with Gasteiger partial charge in [-0.05, 0) is 12.3 Å². The highest BCUT2D eigenvalue weighted by Crippen LogP contribution is 2.24. The van der Waals surface area contributed by atoms with Crippen molar-refractivity contribution in [2.75, 3.05) is 6.61 Å². The lowest BCUT2D eigenvalue weighted by Gasteiger charge is -2.10. The number of rotatable bonds is 2. The van der Waals surface area contributed by atoms with Crippen molar-refractivity contribution in [3.05, 3.63) is 0 Å². The molecule has 0 aromatic carbocycles. The van der Waals surface area contributed by atoms with Crippen LogP contribution in [-0.2, 0) is 0 Å². The second-order valence-electron chi connectivity index (χ2n) is 3.37. The number of aliphatic hydroxyl groups is 1. The monoisotopic (exact) mass is 142 g/mol. The highest BCUT2D eigenvalue weighted by Gasteiger charge is 2.10. The van der Waals surface area contributed by atoms with Gasteiger partial charge in [-0.25, -0.2) is 0 Å². The summed E-state index contributed by atoms with van der Waals surface area (Å²) in [4.78, 5) is 0. The molecule has 0 aromatic heterocycles. The first-order valence-electron chi connectivity index (χ1n) is 4.54. The van der Waals surface area contributed by atoms with Crippen LogP contribution >= 0.6 is 0 Å². The molecule has 0 radical (unpaired) electrons. The van der Waals surface area contributed by atoms with Crippen LogP contribution in [0.3, 0.4) is 0 Å². The molecule has 0 atom stereocenters. The van der Waals surface area contributed by atoms with Crippen LogP contribution in [0.25, 0.3) is 0 Å². The fourth-order valence-corrected chi connectivity index (χ4v) is 1.84. The summed E-state index contributed by atoms with van der Waals surface area (Å²) >= 11 is 0. The van der Waals surface area contributed by atoms with E-state index in [4.69, 9.17) is 5.11 Å². The van der Waals surface area contributed by atoms with Crippen LogP contribution in [0, 0.1) is 5.92 Å². The second-order valence-corrected chi connectivity index (χ2v) is 3.37. The number of hydrogen-bond donors (Lipinski definition) is 1. The van der Waals surface area contributed by atoms with E-state index in [1.54, 1.807) is 0 Å². The zero-order valence-electron chi connectivity index (χ0n) is 6.68. The van der Waals surface area contributed by atoms with Crippen LogP contribution < -0.4 is 0 Å². The fraction of sp³-hybridized carbons (Fsp3) is 1.00. The van der Waals surface area contributed by atoms with E-state index in [2.05, 4.69) is 0 Å². The standard InChI is InChI=1S/C9H18O/c10-8-7-9-5-3-1-2-4-6-9/h9-10H,1-8H2. The zero-order chi connectivity index (χ0) is 7.23. The van der Waals surface area contributed by atoms with E-state index in [0.29, 0.717) is 6.61 Å². The second kappa shape index (κ2) is 4.73. The molecule has 0 bridgehead atoms. The Bertz CT molecular complexity index is 72.8. The predicted octanol–water partition coefficient (Wildman–Crippen LogP) is 2.34. The number of hydrogen-bond acceptors (Lipinski definition) is 1. The topological polar surface area (TPSA) is 20.2 Å². The average molecular weight is 142 g/mol. The molecule has 1 heteroatoms. The first-order chi connectivity index (χ1) is 4.93. The van der Waals surface area contributed by atoms with Crippen molar-refractivity contribution >= 4 is 0 Å². The van der Waals surface area contributed by atoms with Gasteiger partial charge in [-0.1, -0.05) is 38.5 Å². The summed E-state index contributed by atoms with van der Waals surface area (Å²) in [7, 11) is 0. The molecule has 0 aromatic rings. The quantitative estimate of drug-likeness (QED) is 0.587. The molecule has 0 heterocycles. The largest absolute Gasteiger partial charge is 0.396 e. The third-order valence-corrected chi connectivity index (χ3v) is 2.51. The van der Waals surface area contributed by atoms with Gasteiger partial charge >= 0.3 is 0 Å². The Morgan fingerprint density at radius 1 is 1.00 bits per heavy atom. The van der Waals surface area contributed by atoms with Crippen LogP contribution in [0.4, 0.5) is 0 Å². The van der Waals surface area contributed by atoms with Crippen molar-refractivity contribution in [2.24, 2.45) is 5.92 Å². The summed E-state index contributed by atoms with van der Waals surface area (Å²) in [5, 5.41) is 8.71. The van der Waals surface area contributed by atoms with E-state index in [0.717, 1.165) is 12.3 Å². The molecule has 1 aliphatic carbocycles. The first-order valence-corrected chi connectivity index (χ1v) is 4.54. The maximum atomic E-state index is 8.71. The Morgan fingerprint density at radius 2 is 1.60 bits per heavy atom. The summed E-state index contributed by atoms with van der Waals surface area (Å²) in [5.74, 6) is 0.840. The first kappa shape index (κ1) is 8.06. The van der Waals surface area contributed by atoms with E-state index in [1.807, 2.05) is 0 Å². The smallest absolute Gasteiger partial charge is 0.0433 e. The van der Waals surface area contributed by atoms with Crippen molar-refractivity contribution in [1.29, 1.82) is 0 Å². The predicted molar refractivity (Wildman–Crippen MR) is 42.9 cm³/mol. The maximum Gasteiger partial charge on any atom is 0.0433 e. The van der Waals surface area contributed by atoms with Crippen LogP contribution in [-0.4, -0.2) is 11.7 Å². The molecular formula is C9H18O. The van der Waals surface area contributed by atoms with Gasteiger partial charge in [0, 0.05) is 6.61 Å². The summed E-state index contributed by atoms with van der Waals surface area (Å²) in [6.45, 7) is 0.394. The summed E-state index contributed by atoms with van der Waals surface area (Å²) in [5.41, 5.74) is 0. The van der Waals surface area contributed by atoms with Crippen LogP contribution in [0.15, 0.2) is 0 Å². The highest BCUT2D eigenvalue weighted by atomic mass is 16.3. The molecule has 0 amide bonds. The van der Waals surface area contributed by atoms with E-state index >= 15 is 0 Å². The molecule has 0 unspecified atom stereocenters. The normalized spacial score (nSPS) is 22.5. The van der Waals surface area contributed by atoms with Gasteiger partial charge in [0.2, 0.25) is 0 Å². The van der Waals surface area contributed by atoms with Gasteiger partial charge in [-0.3, -0.25) is 0 Å². The van der Waals surface area contributed by atoms with Crippen LogP contribution in [0.5, 0.6) is 0 Å². The summed E-state index contributed by atoms with van der Waals surface area (Å²) in [6.07, 6.45) is 9.39. The van der Waals surface area contributed by atoms with Crippen molar-refractivity contribution in [1.82, 2.24) is 0 Å². The fourth-order valence-electron chi connectivity index (χ4n) is 1.84. The van der Waals surface area contributed by atoms with E-state index in [-0.39, 0.29) is 0 Å².